The maximum atomic E-state index is 15.0. The molecule has 2 aromatic heterocycles. The maximum absolute atomic E-state index is 15.0. The Morgan fingerprint density at radius 3 is 2.44 bits per heavy atom. The van der Waals surface area contributed by atoms with Gasteiger partial charge >= 0.3 is 6.18 Å². The van der Waals surface area contributed by atoms with Gasteiger partial charge in [-0.3, -0.25) is 4.79 Å². The van der Waals surface area contributed by atoms with Crippen molar-refractivity contribution in [3.8, 4) is 5.69 Å². The van der Waals surface area contributed by atoms with Gasteiger partial charge in [0.25, 0.3) is 0 Å². The second-order valence-electron chi connectivity index (χ2n) is 7.54. The zero-order valence-corrected chi connectivity index (χ0v) is 16.4. The highest BCUT2D eigenvalue weighted by molar-refractivity contribution is 6.04. The molecule has 11 heteroatoms. The smallest absolute Gasteiger partial charge is 0.345 e. The third-order valence-corrected chi connectivity index (χ3v) is 5.60. The molecule has 1 saturated heterocycles. The second kappa shape index (κ2) is 6.87. The molecule has 0 radical (unpaired) electrons. The number of hydrogen-bond acceptors (Lipinski definition) is 3. The van der Waals surface area contributed by atoms with Crippen LogP contribution in [-0.2, 0) is 11.0 Å². The van der Waals surface area contributed by atoms with Crippen molar-refractivity contribution in [1.82, 2.24) is 19.7 Å². The van der Waals surface area contributed by atoms with Gasteiger partial charge in [-0.25, -0.2) is 18.4 Å². The number of H-pyrrole nitrogens is 1. The summed E-state index contributed by atoms with van der Waals surface area (Å²) < 4.78 is 69.3. The highest BCUT2D eigenvalue weighted by Crippen LogP contribution is 2.45. The van der Waals surface area contributed by atoms with Crippen LogP contribution >= 0.6 is 0 Å². The molecule has 4 aromatic rings. The summed E-state index contributed by atoms with van der Waals surface area (Å²) in [6, 6.07) is 5.86. The van der Waals surface area contributed by atoms with Gasteiger partial charge in [0.1, 0.15) is 11.6 Å². The largest absolute Gasteiger partial charge is 0.419 e. The fourth-order valence-electron chi connectivity index (χ4n) is 3.97. The van der Waals surface area contributed by atoms with E-state index in [2.05, 4.69) is 15.1 Å². The molecule has 0 aliphatic carbocycles. The molecular weight excluding hydrogens is 433 g/mol. The maximum Gasteiger partial charge on any atom is 0.419 e. The van der Waals surface area contributed by atoms with Crippen molar-refractivity contribution >= 4 is 22.6 Å². The number of nitrogens with one attached hydrogen (secondary N) is 1. The molecule has 1 N–H and O–H groups in total. The average Bonchev–Trinajstić information content (AvgIpc) is 3.41. The first-order chi connectivity index (χ1) is 15.1. The predicted octanol–water partition coefficient (Wildman–Crippen LogP) is 4.77. The highest BCUT2D eigenvalue weighted by Gasteiger charge is 2.48. The number of nitrogens with zero attached hydrogens (tertiary/aromatic N) is 4. The van der Waals surface area contributed by atoms with E-state index in [9.17, 15) is 18.0 Å². The normalized spacial score (nSPS) is 18.9. The number of alkyl halides is 3. The summed E-state index contributed by atoms with van der Waals surface area (Å²) >= 11 is 0. The van der Waals surface area contributed by atoms with Crippen LogP contribution in [0.25, 0.3) is 16.7 Å². The van der Waals surface area contributed by atoms with Crippen LogP contribution in [0.2, 0.25) is 0 Å². The third kappa shape index (κ3) is 3.03. The Morgan fingerprint density at radius 1 is 1.06 bits per heavy atom. The lowest BCUT2D eigenvalue weighted by molar-refractivity contribution is -0.137. The second-order valence-corrected chi connectivity index (χ2v) is 7.54. The van der Waals surface area contributed by atoms with E-state index in [0.717, 1.165) is 22.3 Å². The van der Waals surface area contributed by atoms with Gasteiger partial charge in [-0.15, -0.1) is 0 Å². The molecule has 2 atom stereocenters. The molecule has 3 heterocycles. The highest BCUT2D eigenvalue weighted by atomic mass is 19.4. The molecule has 1 aliphatic rings. The van der Waals surface area contributed by atoms with Crippen LogP contribution in [0.15, 0.2) is 49.1 Å². The number of rotatable bonds is 3. The van der Waals surface area contributed by atoms with Gasteiger partial charge in [-0.05, 0) is 18.2 Å². The van der Waals surface area contributed by atoms with Crippen molar-refractivity contribution in [2.75, 3.05) is 4.90 Å². The minimum Gasteiger partial charge on any atom is -0.345 e. The Bertz CT molecular complexity index is 1340. The zero-order chi connectivity index (χ0) is 22.8. The van der Waals surface area contributed by atoms with Gasteiger partial charge < -0.3 is 9.88 Å². The number of imidazole rings is 1. The van der Waals surface area contributed by atoms with Gasteiger partial charge in [-0.2, -0.15) is 18.3 Å². The SMILES string of the molecule is C[C@@H]1C(=O)N(c2ccc3[nH]cnc3c2)C1c1c(F)cc(-n2cc(C(F)(F)F)cn2)cc1F. The van der Waals surface area contributed by atoms with Gasteiger partial charge in [0.05, 0.1) is 46.8 Å². The van der Waals surface area contributed by atoms with Crippen molar-refractivity contribution in [1.29, 1.82) is 0 Å². The zero-order valence-electron chi connectivity index (χ0n) is 16.4. The Morgan fingerprint density at radius 2 is 1.78 bits per heavy atom. The van der Waals surface area contributed by atoms with E-state index in [1.807, 2.05) is 0 Å². The number of aromatic amines is 1. The Kier molecular flexibility index (Phi) is 4.33. The number of anilines is 1. The number of benzene rings is 2. The fraction of sp³-hybridized carbons (Fsp3) is 0.190. The summed E-state index contributed by atoms with van der Waals surface area (Å²) in [6.07, 6.45) is -1.92. The van der Waals surface area contributed by atoms with E-state index in [4.69, 9.17) is 0 Å². The molecule has 1 amide bonds. The number of aromatic nitrogens is 4. The molecule has 32 heavy (non-hydrogen) atoms. The Labute approximate surface area is 177 Å². The van der Waals surface area contributed by atoms with Crippen LogP contribution in [-0.4, -0.2) is 25.7 Å². The fourth-order valence-corrected chi connectivity index (χ4v) is 3.97. The van der Waals surface area contributed by atoms with Crippen LogP contribution in [0, 0.1) is 17.6 Å². The lowest BCUT2D eigenvalue weighted by Crippen LogP contribution is -2.54. The van der Waals surface area contributed by atoms with E-state index in [1.54, 1.807) is 25.1 Å². The summed E-state index contributed by atoms with van der Waals surface area (Å²) in [5.74, 6) is -2.98. The molecule has 0 saturated carbocycles. The molecule has 5 rings (SSSR count). The number of carbonyl (C=O) groups is 1. The number of fused-ring (bicyclic) bond motifs is 1. The Hall–Kier alpha value is -3.76. The number of carbonyl (C=O) groups excluding carboxylic acids is 1. The van der Waals surface area contributed by atoms with Crippen molar-refractivity contribution in [2.24, 2.45) is 5.92 Å². The van der Waals surface area contributed by atoms with Crippen LogP contribution in [0.4, 0.5) is 27.6 Å². The van der Waals surface area contributed by atoms with Crippen molar-refractivity contribution < 1.29 is 26.7 Å². The number of hydrogen-bond donors (Lipinski definition) is 1. The van der Waals surface area contributed by atoms with Crippen molar-refractivity contribution in [2.45, 2.75) is 19.1 Å². The minimum absolute atomic E-state index is 0.206. The number of β-lactam (4-membered cyclic amide) rings is 1. The third-order valence-electron chi connectivity index (χ3n) is 5.60. The Balaban J connectivity index is 1.53. The lowest BCUT2D eigenvalue weighted by atomic mass is 9.82. The van der Waals surface area contributed by atoms with E-state index >= 15 is 8.78 Å². The first-order valence-electron chi connectivity index (χ1n) is 9.52. The standard InChI is InChI=1S/C21H14F5N5O/c1-10-19(31(20(10)32)12-2-3-16-17(6-12)28-9-27-16)18-14(22)4-13(5-15(18)23)30-8-11(7-29-30)21(24,25)26/h2-10,19H,1H3,(H,27,28)/t10-,19?/m0/s1. The molecule has 1 fully saturated rings. The van der Waals surface area contributed by atoms with E-state index in [0.29, 0.717) is 23.6 Å². The number of amides is 1. The van der Waals surface area contributed by atoms with E-state index in [-0.39, 0.29) is 17.2 Å². The van der Waals surface area contributed by atoms with E-state index in [1.165, 1.54) is 11.2 Å². The first kappa shape index (κ1) is 20.2. The topological polar surface area (TPSA) is 66.8 Å². The molecule has 0 bridgehead atoms. The minimum atomic E-state index is -4.63. The monoisotopic (exact) mass is 447 g/mol. The van der Waals surface area contributed by atoms with Crippen LogP contribution < -0.4 is 4.90 Å². The van der Waals surface area contributed by atoms with E-state index < -0.39 is 35.3 Å². The quantitative estimate of drug-likeness (QED) is 0.364. The lowest BCUT2D eigenvalue weighted by Gasteiger charge is -2.46. The molecule has 164 valence electrons. The molecule has 6 nitrogen and oxygen atoms in total. The molecule has 0 spiro atoms. The summed E-state index contributed by atoms with van der Waals surface area (Å²) in [7, 11) is 0. The van der Waals surface area contributed by atoms with Crippen molar-refractivity contribution in [3.63, 3.8) is 0 Å². The van der Waals surface area contributed by atoms with Crippen LogP contribution in [0.1, 0.15) is 24.1 Å². The summed E-state index contributed by atoms with van der Waals surface area (Å²) in [6.45, 7) is 1.56. The van der Waals surface area contributed by atoms with Crippen LogP contribution in [0.3, 0.4) is 0 Å². The summed E-state index contributed by atoms with van der Waals surface area (Å²) in [5.41, 5.74) is 0.172. The predicted molar refractivity (Wildman–Crippen MR) is 104 cm³/mol. The summed E-state index contributed by atoms with van der Waals surface area (Å²) in [5, 5.41) is 3.55. The average molecular weight is 447 g/mol. The summed E-state index contributed by atoms with van der Waals surface area (Å²) in [4.78, 5) is 20.9. The van der Waals surface area contributed by atoms with Gasteiger partial charge in [-0.1, -0.05) is 6.92 Å². The molecule has 1 unspecified atom stereocenters. The van der Waals surface area contributed by atoms with Crippen molar-refractivity contribution in [3.05, 3.63) is 71.8 Å². The van der Waals surface area contributed by atoms with Gasteiger partial charge in [0.2, 0.25) is 5.91 Å². The molecular formula is C21H14F5N5O. The van der Waals surface area contributed by atoms with Gasteiger partial charge in [0, 0.05) is 29.6 Å². The number of halogens is 5. The molecule has 1 aliphatic heterocycles. The first-order valence-corrected chi connectivity index (χ1v) is 9.52. The van der Waals surface area contributed by atoms with Crippen LogP contribution in [0.5, 0.6) is 0 Å². The van der Waals surface area contributed by atoms with Gasteiger partial charge in [0.15, 0.2) is 0 Å². The molecule has 2 aromatic carbocycles.